The Bertz CT molecular complexity index is 673. The first-order valence-electron chi connectivity index (χ1n) is 5.00. The van der Waals surface area contributed by atoms with Crippen molar-refractivity contribution >= 4 is 27.8 Å². The number of aryl methyl sites for hydroxylation is 1. The first kappa shape index (κ1) is 9.66. The summed E-state index contributed by atoms with van der Waals surface area (Å²) in [5.74, 6) is 0.577. The average molecular weight is 231 g/mol. The molecule has 1 aliphatic rings. The summed E-state index contributed by atoms with van der Waals surface area (Å²) in [6, 6.07) is 5.66. The van der Waals surface area contributed by atoms with E-state index in [1.54, 1.807) is 0 Å². The molecular formula is C12H9NO2S. The van der Waals surface area contributed by atoms with Crippen LogP contribution in [0.1, 0.15) is 21.6 Å². The van der Waals surface area contributed by atoms with Crippen molar-refractivity contribution in [3.63, 3.8) is 0 Å². The second-order valence-corrected chi connectivity index (χ2v) is 4.83. The molecule has 0 unspecified atom stereocenters. The normalized spacial score (nSPS) is 14.4. The fraction of sp³-hybridized carbons (Fsp3) is 0.167. The Kier molecular flexibility index (Phi) is 1.94. The van der Waals surface area contributed by atoms with Crippen LogP contribution in [-0.2, 0) is 5.75 Å². The van der Waals surface area contributed by atoms with Gasteiger partial charge in [0.05, 0.1) is 5.56 Å². The van der Waals surface area contributed by atoms with Crippen LogP contribution in [0.4, 0.5) is 0 Å². The van der Waals surface area contributed by atoms with E-state index in [4.69, 9.17) is 0 Å². The Balaban J connectivity index is 2.55. The molecule has 1 aromatic heterocycles. The largest absolute Gasteiger partial charge is 0.357 e. The molecule has 0 amide bonds. The van der Waals surface area contributed by atoms with Crippen molar-refractivity contribution < 1.29 is 4.79 Å². The number of carbonyl (C=O) groups is 1. The SMILES string of the molecule is Cc1cccc2[nH]c3c(c(=O)c12)C(=O)SC3. The first-order chi connectivity index (χ1) is 7.68. The van der Waals surface area contributed by atoms with E-state index in [9.17, 15) is 9.59 Å². The zero-order valence-electron chi connectivity index (χ0n) is 8.66. The first-order valence-corrected chi connectivity index (χ1v) is 5.98. The highest BCUT2D eigenvalue weighted by atomic mass is 32.2. The Morgan fingerprint density at radius 3 is 2.94 bits per heavy atom. The van der Waals surface area contributed by atoms with Gasteiger partial charge in [-0.25, -0.2) is 0 Å². The number of aromatic amines is 1. The van der Waals surface area contributed by atoms with Gasteiger partial charge in [0.2, 0.25) is 10.5 Å². The monoisotopic (exact) mass is 231 g/mol. The summed E-state index contributed by atoms with van der Waals surface area (Å²) in [4.78, 5) is 27.0. The Morgan fingerprint density at radius 1 is 1.31 bits per heavy atom. The summed E-state index contributed by atoms with van der Waals surface area (Å²) < 4.78 is 0. The van der Waals surface area contributed by atoms with Gasteiger partial charge in [0.15, 0.2) is 0 Å². The molecule has 0 spiro atoms. The topological polar surface area (TPSA) is 49.9 Å². The molecule has 3 nitrogen and oxygen atoms in total. The van der Waals surface area contributed by atoms with E-state index in [1.165, 1.54) is 11.8 Å². The molecule has 1 aromatic carbocycles. The number of benzene rings is 1. The maximum atomic E-state index is 12.2. The maximum absolute atomic E-state index is 12.2. The number of hydrogen-bond acceptors (Lipinski definition) is 3. The van der Waals surface area contributed by atoms with Gasteiger partial charge < -0.3 is 4.98 Å². The minimum absolute atomic E-state index is 0.110. The number of rotatable bonds is 0. The number of hydrogen-bond donors (Lipinski definition) is 1. The Morgan fingerprint density at radius 2 is 2.12 bits per heavy atom. The highest BCUT2D eigenvalue weighted by Gasteiger charge is 2.25. The fourth-order valence-corrected chi connectivity index (χ4v) is 2.95. The maximum Gasteiger partial charge on any atom is 0.225 e. The second-order valence-electron chi connectivity index (χ2n) is 3.88. The van der Waals surface area contributed by atoms with Gasteiger partial charge in [-0.1, -0.05) is 23.9 Å². The Hall–Kier alpha value is -1.55. The van der Waals surface area contributed by atoms with Crippen molar-refractivity contribution in [3.8, 4) is 0 Å². The molecule has 0 radical (unpaired) electrons. The third-order valence-electron chi connectivity index (χ3n) is 2.87. The van der Waals surface area contributed by atoms with Crippen LogP contribution in [0.15, 0.2) is 23.0 Å². The number of thioether (sulfide) groups is 1. The van der Waals surface area contributed by atoms with E-state index in [0.717, 1.165) is 16.8 Å². The molecule has 0 atom stereocenters. The Labute approximate surface area is 95.9 Å². The highest BCUT2D eigenvalue weighted by molar-refractivity contribution is 8.13. The van der Waals surface area contributed by atoms with Crippen molar-refractivity contribution in [1.82, 2.24) is 4.98 Å². The molecule has 80 valence electrons. The van der Waals surface area contributed by atoms with E-state index >= 15 is 0 Å². The number of fused-ring (bicyclic) bond motifs is 2. The molecule has 3 rings (SSSR count). The van der Waals surface area contributed by atoms with Crippen LogP contribution in [0.2, 0.25) is 0 Å². The minimum atomic E-state index is -0.128. The summed E-state index contributed by atoms with van der Waals surface area (Å²) in [6.07, 6.45) is 0. The van der Waals surface area contributed by atoms with Gasteiger partial charge in [0, 0.05) is 22.3 Å². The molecule has 0 aliphatic carbocycles. The molecule has 0 saturated carbocycles. The van der Waals surface area contributed by atoms with E-state index < -0.39 is 0 Å². The third-order valence-corrected chi connectivity index (χ3v) is 3.77. The van der Waals surface area contributed by atoms with Crippen LogP contribution in [0.3, 0.4) is 0 Å². The van der Waals surface area contributed by atoms with E-state index in [2.05, 4.69) is 4.98 Å². The van der Waals surface area contributed by atoms with Gasteiger partial charge in [-0.05, 0) is 18.6 Å². The number of aromatic nitrogens is 1. The predicted molar refractivity (Wildman–Crippen MR) is 64.9 cm³/mol. The van der Waals surface area contributed by atoms with Crippen molar-refractivity contribution in [2.24, 2.45) is 0 Å². The lowest BCUT2D eigenvalue weighted by Crippen LogP contribution is -2.14. The lowest BCUT2D eigenvalue weighted by atomic mass is 10.1. The number of pyridine rings is 1. The van der Waals surface area contributed by atoms with Gasteiger partial charge in [0.25, 0.3) is 0 Å². The van der Waals surface area contributed by atoms with E-state index in [1.807, 2.05) is 25.1 Å². The van der Waals surface area contributed by atoms with Gasteiger partial charge in [-0.2, -0.15) is 0 Å². The summed E-state index contributed by atoms with van der Waals surface area (Å²) in [7, 11) is 0. The van der Waals surface area contributed by atoms with Crippen LogP contribution >= 0.6 is 11.8 Å². The fourth-order valence-electron chi connectivity index (χ4n) is 2.09. The van der Waals surface area contributed by atoms with Crippen molar-refractivity contribution in [2.75, 3.05) is 0 Å². The molecule has 1 N–H and O–H groups in total. The van der Waals surface area contributed by atoms with Gasteiger partial charge in [-0.3, -0.25) is 9.59 Å². The van der Waals surface area contributed by atoms with Gasteiger partial charge >= 0.3 is 0 Å². The molecule has 4 heteroatoms. The van der Waals surface area contributed by atoms with Crippen LogP contribution in [0, 0.1) is 6.92 Å². The highest BCUT2D eigenvalue weighted by Crippen LogP contribution is 2.28. The van der Waals surface area contributed by atoms with Gasteiger partial charge in [-0.15, -0.1) is 0 Å². The standard InChI is InChI=1S/C12H9NO2S/c1-6-3-2-4-7-9(6)11(14)10-8(13-7)5-16-12(10)15/h2-4H,5H2,1H3,(H,13,14). The van der Waals surface area contributed by atoms with Crippen LogP contribution < -0.4 is 5.43 Å². The summed E-state index contributed by atoms with van der Waals surface area (Å²) in [5.41, 5.74) is 2.70. The molecule has 0 saturated heterocycles. The number of nitrogens with one attached hydrogen (secondary N) is 1. The van der Waals surface area contributed by atoms with Crippen molar-refractivity contribution in [1.29, 1.82) is 0 Å². The average Bonchev–Trinajstić information content (AvgIpc) is 2.60. The molecule has 0 bridgehead atoms. The van der Waals surface area contributed by atoms with E-state index in [-0.39, 0.29) is 10.5 Å². The summed E-state index contributed by atoms with van der Waals surface area (Å²) in [5, 5.41) is 0.526. The molecule has 16 heavy (non-hydrogen) atoms. The number of carbonyl (C=O) groups excluding carboxylic acids is 1. The van der Waals surface area contributed by atoms with Crippen molar-refractivity contribution in [2.45, 2.75) is 12.7 Å². The molecule has 2 aromatic rings. The minimum Gasteiger partial charge on any atom is -0.357 e. The zero-order chi connectivity index (χ0) is 11.3. The quantitative estimate of drug-likeness (QED) is 0.756. The summed E-state index contributed by atoms with van der Waals surface area (Å²) in [6.45, 7) is 1.89. The lowest BCUT2D eigenvalue weighted by molar-refractivity contribution is 0.109. The van der Waals surface area contributed by atoms with Gasteiger partial charge in [0.1, 0.15) is 0 Å². The number of H-pyrrole nitrogens is 1. The van der Waals surface area contributed by atoms with Crippen LogP contribution in [-0.4, -0.2) is 10.1 Å². The predicted octanol–water partition coefficient (Wildman–Crippen LogP) is 2.22. The van der Waals surface area contributed by atoms with Crippen LogP contribution in [0.5, 0.6) is 0 Å². The molecule has 0 fully saturated rings. The lowest BCUT2D eigenvalue weighted by Gasteiger charge is -2.04. The summed E-state index contributed by atoms with van der Waals surface area (Å²) >= 11 is 1.19. The smallest absolute Gasteiger partial charge is 0.225 e. The second kappa shape index (κ2) is 3.22. The molecule has 2 heterocycles. The molecule has 1 aliphatic heterocycles. The van der Waals surface area contributed by atoms with Crippen molar-refractivity contribution in [3.05, 3.63) is 45.2 Å². The molecular weight excluding hydrogens is 222 g/mol. The zero-order valence-corrected chi connectivity index (χ0v) is 9.48. The van der Waals surface area contributed by atoms with E-state index in [0.29, 0.717) is 16.7 Å². The third kappa shape index (κ3) is 1.16. The van der Waals surface area contributed by atoms with Crippen LogP contribution in [0.25, 0.3) is 10.9 Å².